The van der Waals surface area contributed by atoms with E-state index in [1.807, 2.05) is 0 Å². The van der Waals surface area contributed by atoms with E-state index in [2.05, 4.69) is 19.9 Å². The third-order valence-corrected chi connectivity index (χ3v) is 6.12. The van der Waals surface area contributed by atoms with Crippen LogP contribution in [0.3, 0.4) is 0 Å². The topological polar surface area (TPSA) is 119 Å². The molecule has 1 aliphatic rings. The van der Waals surface area contributed by atoms with Gasteiger partial charge >= 0.3 is 6.18 Å². The summed E-state index contributed by atoms with van der Waals surface area (Å²) in [5, 5.41) is 9.11. The molecule has 0 aliphatic carbocycles. The number of hydrogen-bond donors (Lipinski definition) is 1. The summed E-state index contributed by atoms with van der Waals surface area (Å²) in [6, 6.07) is 1.59. The Bertz CT molecular complexity index is 1040. The molecule has 9 nitrogen and oxygen atoms in total. The Kier molecular flexibility index (Phi) is 5.50. The lowest BCUT2D eigenvalue weighted by molar-refractivity contribution is -0.137. The summed E-state index contributed by atoms with van der Waals surface area (Å²) in [7, 11) is -1.64. The van der Waals surface area contributed by atoms with Crippen LogP contribution in [0.25, 0.3) is 11.4 Å². The van der Waals surface area contributed by atoms with Crippen molar-refractivity contribution in [1.82, 2.24) is 24.2 Å². The SMILES string of the molecule is CN(c1ncc(C(F)(F)F)c(-c2[nH]cnc2C#N)n1)C1CCN(S(C)(=O)=O)CC1. The second-order valence-corrected chi connectivity index (χ2v) is 8.65. The Hall–Kier alpha value is -2.72. The Morgan fingerprint density at radius 2 is 1.97 bits per heavy atom. The van der Waals surface area contributed by atoms with E-state index in [9.17, 15) is 21.6 Å². The zero-order valence-corrected chi connectivity index (χ0v) is 16.4. The van der Waals surface area contributed by atoms with Gasteiger partial charge in [0.1, 0.15) is 23.0 Å². The minimum absolute atomic E-state index is 0.0456. The molecule has 156 valence electrons. The molecule has 0 bridgehead atoms. The standard InChI is InChI=1S/C16H18F3N7O2S/c1-25(10-3-5-26(6-4-10)29(2,27)28)15-21-8-11(16(17,18)19)13(24-15)14-12(7-20)22-9-23-14/h8-10H,3-6H2,1-2H3,(H,22,23). The molecule has 29 heavy (non-hydrogen) atoms. The van der Waals surface area contributed by atoms with Gasteiger partial charge in [-0.05, 0) is 12.8 Å². The molecule has 0 radical (unpaired) electrons. The van der Waals surface area contributed by atoms with Crippen LogP contribution in [-0.4, -0.2) is 65.1 Å². The molecule has 3 rings (SSSR count). The number of aromatic nitrogens is 4. The normalized spacial score (nSPS) is 16.6. The first-order valence-electron chi connectivity index (χ1n) is 8.58. The summed E-state index contributed by atoms with van der Waals surface area (Å²) in [6.45, 7) is 0.612. The molecule has 1 aliphatic heterocycles. The van der Waals surface area contributed by atoms with Crippen molar-refractivity contribution in [2.45, 2.75) is 25.1 Å². The summed E-state index contributed by atoms with van der Waals surface area (Å²) in [5.41, 5.74) is -1.88. The van der Waals surface area contributed by atoms with E-state index >= 15 is 0 Å². The van der Waals surface area contributed by atoms with Gasteiger partial charge in [-0.15, -0.1) is 0 Å². The van der Waals surface area contributed by atoms with Crippen LogP contribution in [0.15, 0.2) is 12.5 Å². The number of imidazole rings is 1. The maximum absolute atomic E-state index is 13.4. The predicted molar refractivity (Wildman–Crippen MR) is 97.2 cm³/mol. The summed E-state index contributed by atoms with van der Waals surface area (Å²) in [5.74, 6) is 0.0456. The summed E-state index contributed by atoms with van der Waals surface area (Å²) in [4.78, 5) is 15.8. The number of sulfonamides is 1. The highest BCUT2D eigenvalue weighted by atomic mass is 32.2. The molecule has 0 atom stereocenters. The van der Waals surface area contributed by atoms with E-state index in [0.717, 1.165) is 12.6 Å². The van der Waals surface area contributed by atoms with Crippen LogP contribution < -0.4 is 4.90 Å². The number of nitriles is 1. The highest BCUT2D eigenvalue weighted by molar-refractivity contribution is 7.88. The van der Waals surface area contributed by atoms with Crippen molar-refractivity contribution >= 4 is 16.0 Å². The molecule has 0 unspecified atom stereocenters. The average molecular weight is 429 g/mol. The van der Waals surface area contributed by atoms with Gasteiger partial charge < -0.3 is 9.88 Å². The summed E-state index contributed by atoms with van der Waals surface area (Å²) in [6.07, 6.45) is -0.805. The summed E-state index contributed by atoms with van der Waals surface area (Å²) < 4.78 is 65.0. The van der Waals surface area contributed by atoms with Crippen LogP contribution in [0.2, 0.25) is 0 Å². The first-order chi connectivity index (χ1) is 13.5. The van der Waals surface area contributed by atoms with Gasteiger partial charge in [0.05, 0.1) is 12.6 Å². The number of H-pyrrole nitrogens is 1. The predicted octanol–water partition coefficient (Wildman–Crippen LogP) is 1.62. The van der Waals surface area contributed by atoms with Crippen molar-refractivity contribution in [1.29, 1.82) is 5.26 Å². The second kappa shape index (κ2) is 7.60. The number of piperidine rings is 1. The largest absolute Gasteiger partial charge is 0.420 e. The van der Waals surface area contributed by atoms with Gasteiger partial charge in [-0.2, -0.15) is 18.4 Å². The van der Waals surface area contributed by atoms with Crippen LogP contribution in [0, 0.1) is 11.3 Å². The molecule has 1 N–H and O–H groups in total. The van der Waals surface area contributed by atoms with Crippen LogP contribution >= 0.6 is 0 Å². The molecule has 0 saturated carbocycles. The van der Waals surface area contributed by atoms with Crippen LogP contribution in [-0.2, 0) is 16.2 Å². The summed E-state index contributed by atoms with van der Waals surface area (Å²) >= 11 is 0. The molecule has 13 heteroatoms. The van der Waals surface area contributed by atoms with Crippen molar-refractivity contribution < 1.29 is 21.6 Å². The van der Waals surface area contributed by atoms with Crippen molar-refractivity contribution in [3.63, 3.8) is 0 Å². The maximum Gasteiger partial charge on any atom is 0.420 e. The molecular weight excluding hydrogens is 411 g/mol. The molecule has 3 heterocycles. The van der Waals surface area contributed by atoms with Gasteiger partial charge in [-0.25, -0.2) is 27.7 Å². The smallest absolute Gasteiger partial charge is 0.342 e. The molecule has 1 saturated heterocycles. The van der Waals surface area contributed by atoms with E-state index < -0.39 is 27.5 Å². The van der Waals surface area contributed by atoms with Crippen molar-refractivity contribution in [2.24, 2.45) is 0 Å². The lowest BCUT2D eigenvalue weighted by Gasteiger charge is -2.35. The highest BCUT2D eigenvalue weighted by Gasteiger charge is 2.37. The Morgan fingerprint density at radius 3 is 2.52 bits per heavy atom. The number of aromatic amines is 1. The monoisotopic (exact) mass is 429 g/mol. The van der Waals surface area contributed by atoms with Crippen molar-refractivity contribution in [3.05, 3.63) is 23.8 Å². The lowest BCUT2D eigenvalue weighted by Crippen LogP contribution is -2.45. The third kappa shape index (κ3) is 4.33. The molecule has 0 spiro atoms. The number of nitrogens with one attached hydrogen (secondary N) is 1. The van der Waals surface area contributed by atoms with E-state index in [1.165, 1.54) is 4.31 Å². The number of nitrogens with zero attached hydrogens (tertiary/aromatic N) is 6. The molecule has 2 aromatic rings. The van der Waals surface area contributed by atoms with Gasteiger partial charge in [-0.3, -0.25) is 0 Å². The van der Waals surface area contributed by atoms with Crippen LogP contribution in [0.5, 0.6) is 0 Å². The van der Waals surface area contributed by atoms with Gasteiger partial charge in [0.25, 0.3) is 0 Å². The van der Waals surface area contributed by atoms with Gasteiger partial charge in [0, 0.05) is 32.4 Å². The zero-order valence-electron chi connectivity index (χ0n) is 15.6. The molecule has 2 aromatic heterocycles. The van der Waals surface area contributed by atoms with Gasteiger partial charge in [-0.1, -0.05) is 0 Å². The Labute approximate surface area is 165 Å². The van der Waals surface area contributed by atoms with Crippen LogP contribution in [0.4, 0.5) is 19.1 Å². The van der Waals surface area contributed by atoms with Crippen molar-refractivity contribution in [2.75, 3.05) is 31.3 Å². The van der Waals surface area contributed by atoms with E-state index in [0.29, 0.717) is 32.1 Å². The van der Waals surface area contributed by atoms with Crippen molar-refractivity contribution in [3.8, 4) is 17.5 Å². The van der Waals surface area contributed by atoms with E-state index in [4.69, 9.17) is 5.26 Å². The Morgan fingerprint density at radius 1 is 1.31 bits per heavy atom. The maximum atomic E-state index is 13.4. The van der Waals surface area contributed by atoms with Gasteiger partial charge in [0.15, 0.2) is 5.69 Å². The first-order valence-corrected chi connectivity index (χ1v) is 10.4. The lowest BCUT2D eigenvalue weighted by atomic mass is 10.1. The molecule has 0 amide bonds. The minimum atomic E-state index is -4.72. The zero-order chi connectivity index (χ0) is 21.4. The number of halogens is 3. The second-order valence-electron chi connectivity index (χ2n) is 6.67. The number of hydrogen-bond acceptors (Lipinski definition) is 7. The average Bonchev–Trinajstić information content (AvgIpc) is 3.14. The number of alkyl halides is 3. The van der Waals surface area contributed by atoms with Gasteiger partial charge in [0.2, 0.25) is 16.0 Å². The fraction of sp³-hybridized carbons (Fsp3) is 0.500. The van der Waals surface area contributed by atoms with E-state index in [-0.39, 0.29) is 23.4 Å². The quantitative estimate of drug-likeness (QED) is 0.784. The highest BCUT2D eigenvalue weighted by Crippen LogP contribution is 2.36. The van der Waals surface area contributed by atoms with Crippen LogP contribution in [0.1, 0.15) is 24.1 Å². The fourth-order valence-electron chi connectivity index (χ4n) is 3.22. The molecule has 0 aromatic carbocycles. The molecule has 1 fully saturated rings. The van der Waals surface area contributed by atoms with E-state index in [1.54, 1.807) is 18.0 Å². The first kappa shape index (κ1) is 21.0. The number of rotatable bonds is 4. The Balaban J connectivity index is 1.93. The molecular formula is C16H18F3N7O2S. The third-order valence-electron chi connectivity index (χ3n) is 4.82. The number of anilines is 1. The minimum Gasteiger partial charge on any atom is -0.342 e. The fourth-order valence-corrected chi connectivity index (χ4v) is 4.10.